The van der Waals surface area contributed by atoms with Gasteiger partial charge in [0, 0.05) is 24.6 Å². The van der Waals surface area contributed by atoms with Gasteiger partial charge in [0.15, 0.2) is 0 Å². The van der Waals surface area contributed by atoms with Gasteiger partial charge in [0.05, 0.1) is 23.9 Å². The van der Waals surface area contributed by atoms with Crippen molar-refractivity contribution in [1.29, 1.82) is 0 Å². The maximum absolute atomic E-state index is 13.0. The van der Waals surface area contributed by atoms with Gasteiger partial charge in [0.1, 0.15) is 11.8 Å². The molecule has 1 saturated carbocycles. The number of benzene rings is 2. The SMILES string of the molecule is COc1ccc(NC(=O)NCc2ccc3c(c2)C(=O)N(C2CCC(=O)NC2=O)C3=O)cc1NC(=O)C1CCCCC1. The van der Waals surface area contributed by atoms with E-state index in [0.717, 1.165) is 37.0 Å². The van der Waals surface area contributed by atoms with E-state index in [4.69, 9.17) is 4.74 Å². The van der Waals surface area contributed by atoms with E-state index in [9.17, 15) is 28.8 Å². The van der Waals surface area contributed by atoms with Crippen LogP contribution in [0.3, 0.4) is 0 Å². The van der Waals surface area contributed by atoms with Gasteiger partial charge < -0.3 is 20.7 Å². The number of ether oxygens (including phenoxy) is 1. The van der Waals surface area contributed by atoms with Crippen molar-refractivity contribution in [3.05, 3.63) is 53.1 Å². The number of nitrogens with one attached hydrogen (secondary N) is 4. The molecule has 12 nitrogen and oxygen atoms in total. The Morgan fingerprint density at radius 3 is 2.41 bits per heavy atom. The van der Waals surface area contributed by atoms with Gasteiger partial charge in [-0.15, -0.1) is 0 Å². The Morgan fingerprint density at radius 2 is 1.68 bits per heavy atom. The fourth-order valence-corrected chi connectivity index (χ4v) is 5.47. The number of rotatable bonds is 7. The van der Waals surface area contributed by atoms with Crippen molar-refractivity contribution in [3.63, 3.8) is 0 Å². The molecule has 2 aromatic rings. The lowest BCUT2D eigenvalue weighted by Crippen LogP contribution is -2.54. The molecule has 2 fully saturated rings. The topological polar surface area (TPSA) is 163 Å². The van der Waals surface area contributed by atoms with Crippen LogP contribution in [0.1, 0.15) is 71.2 Å². The van der Waals surface area contributed by atoms with Crippen molar-refractivity contribution >= 4 is 46.9 Å². The molecule has 214 valence electrons. The molecule has 7 amide bonds. The summed E-state index contributed by atoms with van der Waals surface area (Å²) in [6, 6.07) is 7.98. The van der Waals surface area contributed by atoms with E-state index in [1.807, 2.05) is 0 Å². The molecule has 0 bridgehead atoms. The maximum atomic E-state index is 13.0. The first-order valence-corrected chi connectivity index (χ1v) is 13.6. The number of carbonyl (C=O) groups is 6. The van der Waals surface area contributed by atoms with Crippen LogP contribution in [0.2, 0.25) is 0 Å². The van der Waals surface area contributed by atoms with E-state index in [1.54, 1.807) is 24.3 Å². The van der Waals surface area contributed by atoms with E-state index in [2.05, 4.69) is 21.3 Å². The first-order valence-electron chi connectivity index (χ1n) is 13.6. The number of anilines is 2. The second-order valence-corrected chi connectivity index (χ2v) is 10.4. The largest absolute Gasteiger partial charge is 0.495 e. The Labute approximate surface area is 236 Å². The van der Waals surface area contributed by atoms with Gasteiger partial charge in [-0.05, 0) is 55.2 Å². The Kier molecular flexibility index (Phi) is 7.99. The molecule has 0 radical (unpaired) electrons. The van der Waals surface area contributed by atoms with Crippen LogP contribution in [0.25, 0.3) is 0 Å². The third kappa shape index (κ3) is 5.91. The quantitative estimate of drug-likeness (QED) is 0.378. The van der Waals surface area contributed by atoms with E-state index in [-0.39, 0.29) is 42.3 Å². The van der Waals surface area contributed by atoms with Crippen molar-refractivity contribution in [2.45, 2.75) is 57.5 Å². The Morgan fingerprint density at radius 1 is 0.927 bits per heavy atom. The van der Waals surface area contributed by atoms with Crippen LogP contribution in [-0.4, -0.2) is 53.6 Å². The molecular formula is C29H31N5O7. The van der Waals surface area contributed by atoms with Gasteiger partial charge in [-0.1, -0.05) is 25.3 Å². The molecule has 1 saturated heterocycles. The molecule has 2 aromatic carbocycles. The van der Waals surface area contributed by atoms with Crippen LogP contribution in [0.5, 0.6) is 5.75 Å². The zero-order chi connectivity index (χ0) is 29.1. The van der Waals surface area contributed by atoms with Crippen molar-refractivity contribution < 1.29 is 33.5 Å². The highest BCUT2D eigenvalue weighted by Crippen LogP contribution is 2.31. The minimum Gasteiger partial charge on any atom is -0.495 e. The molecule has 4 N–H and O–H groups in total. The molecule has 2 heterocycles. The first-order chi connectivity index (χ1) is 19.7. The minimum atomic E-state index is -1.05. The smallest absolute Gasteiger partial charge is 0.319 e. The fraction of sp³-hybridized carbons (Fsp3) is 0.379. The second kappa shape index (κ2) is 11.8. The number of methoxy groups -OCH3 is 1. The molecule has 5 rings (SSSR count). The number of nitrogens with zero attached hydrogens (tertiary/aromatic N) is 1. The van der Waals surface area contributed by atoms with Crippen LogP contribution in [0.4, 0.5) is 16.2 Å². The van der Waals surface area contributed by atoms with Gasteiger partial charge in [0.25, 0.3) is 11.8 Å². The number of carbonyl (C=O) groups excluding carboxylic acids is 6. The van der Waals surface area contributed by atoms with Gasteiger partial charge in [-0.25, -0.2) is 4.79 Å². The summed E-state index contributed by atoms with van der Waals surface area (Å²) in [4.78, 5) is 75.9. The molecule has 41 heavy (non-hydrogen) atoms. The van der Waals surface area contributed by atoms with E-state index >= 15 is 0 Å². The van der Waals surface area contributed by atoms with Crippen LogP contribution in [0.15, 0.2) is 36.4 Å². The standard InChI is InChI=1S/C29H31N5O7/c1-41-23-11-8-18(14-21(23)32-25(36)17-5-3-2-4-6-17)31-29(40)30-15-16-7-9-19-20(13-16)28(39)34(27(19)38)22-10-12-24(35)33-26(22)37/h7-9,11,13-14,17,22H,2-6,10,12,15H2,1H3,(H,32,36)(H2,30,31,40)(H,33,35,37). The summed E-state index contributed by atoms with van der Waals surface area (Å²) < 4.78 is 5.37. The van der Waals surface area contributed by atoms with Crippen LogP contribution in [-0.2, 0) is 20.9 Å². The molecule has 1 aliphatic carbocycles. The maximum Gasteiger partial charge on any atom is 0.319 e. The first kappa shape index (κ1) is 27.8. The van der Waals surface area contributed by atoms with Gasteiger partial charge in [-0.2, -0.15) is 0 Å². The highest BCUT2D eigenvalue weighted by atomic mass is 16.5. The summed E-state index contributed by atoms with van der Waals surface area (Å²) >= 11 is 0. The lowest BCUT2D eigenvalue weighted by molar-refractivity contribution is -0.136. The predicted octanol–water partition coefficient (Wildman–Crippen LogP) is 2.94. The van der Waals surface area contributed by atoms with Crippen molar-refractivity contribution in [2.24, 2.45) is 5.92 Å². The average molecular weight is 562 g/mol. The molecule has 0 aromatic heterocycles. The average Bonchev–Trinajstić information content (AvgIpc) is 3.21. The number of hydrogen-bond donors (Lipinski definition) is 4. The summed E-state index contributed by atoms with van der Waals surface area (Å²) in [7, 11) is 1.50. The van der Waals surface area contributed by atoms with Crippen LogP contribution >= 0.6 is 0 Å². The number of urea groups is 1. The van der Waals surface area contributed by atoms with Gasteiger partial charge >= 0.3 is 6.03 Å². The van der Waals surface area contributed by atoms with Gasteiger partial charge in [0.2, 0.25) is 17.7 Å². The number of amides is 7. The lowest BCUT2D eigenvalue weighted by atomic mass is 9.88. The normalized spacial score (nSPS) is 19.0. The van der Waals surface area contributed by atoms with Crippen molar-refractivity contribution in [1.82, 2.24) is 15.5 Å². The summed E-state index contributed by atoms with van der Waals surface area (Å²) in [6.07, 6.45) is 5.02. The van der Waals surface area contributed by atoms with E-state index in [1.165, 1.54) is 19.2 Å². The molecule has 3 aliphatic rings. The molecule has 1 atom stereocenters. The van der Waals surface area contributed by atoms with Crippen LogP contribution in [0, 0.1) is 5.92 Å². The zero-order valence-corrected chi connectivity index (χ0v) is 22.6. The molecular weight excluding hydrogens is 530 g/mol. The zero-order valence-electron chi connectivity index (χ0n) is 22.6. The lowest BCUT2D eigenvalue weighted by Gasteiger charge is -2.27. The monoisotopic (exact) mass is 561 g/mol. The summed E-state index contributed by atoms with van der Waals surface area (Å²) in [6.45, 7) is 0.0560. The van der Waals surface area contributed by atoms with Crippen molar-refractivity contribution in [2.75, 3.05) is 17.7 Å². The minimum absolute atomic E-state index is 0.0384. The van der Waals surface area contributed by atoms with Crippen LogP contribution < -0.4 is 26.0 Å². The highest BCUT2D eigenvalue weighted by molar-refractivity contribution is 6.23. The predicted molar refractivity (Wildman–Crippen MR) is 147 cm³/mol. The molecule has 1 unspecified atom stereocenters. The fourth-order valence-electron chi connectivity index (χ4n) is 5.47. The highest BCUT2D eigenvalue weighted by Gasteiger charge is 2.44. The van der Waals surface area contributed by atoms with E-state index in [0.29, 0.717) is 22.7 Å². The molecule has 2 aliphatic heterocycles. The molecule has 0 spiro atoms. The Hall–Kier alpha value is -4.74. The second-order valence-electron chi connectivity index (χ2n) is 10.4. The third-order valence-corrected chi connectivity index (χ3v) is 7.65. The van der Waals surface area contributed by atoms with Gasteiger partial charge in [-0.3, -0.25) is 34.2 Å². The van der Waals surface area contributed by atoms with Crippen molar-refractivity contribution in [3.8, 4) is 5.75 Å². The Bertz CT molecular complexity index is 1430. The number of piperidine rings is 1. The summed E-state index contributed by atoms with van der Waals surface area (Å²) in [5.74, 6) is -1.96. The number of hydrogen-bond acceptors (Lipinski definition) is 7. The number of fused-ring (bicyclic) bond motifs is 1. The third-order valence-electron chi connectivity index (χ3n) is 7.65. The Balaban J connectivity index is 1.20. The summed E-state index contributed by atoms with van der Waals surface area (Å²) in [5, 5.41) is 10.5. The molecule has 12 heteroatoms. The van der Waals surface area contributed by atoms with E-state index < -0.39 is 35.7 Å². The summed E-state index contributed by atoms with van der Waals surface area (Å²) in [5.41, 5.74) is 1.77. The number of imide groups is 2.